The van der Waals surface area contributed by atoms with Gasteiger partial charge in [-0.15, -0.1) is 0 Å². The van der Waals surface area contributed by atoms with Crippen LogP contribution in [0.25, 0.3) is 22.0 Å². The van der Waals surface area contributed by atoms with E-state index >= 15 is 0 Å². The van der Waals surface area contributed by atoms with E-state index in [-0.39, 0.29) is 0 Å². The molecule has 1 aliphatic heterocycles. The number of hydrogen-bond donors (Lipinski definition) is 0. The van der Waals surface area contributed by atoms with Crippen molar-refractivity contribution in [2.75, 3.05) is 32.1 Å². The van der Waals surface area contributed by atoms with E-state index in [4.69, 9.17) is 4.98 Å². The molecule has 1 aromatic heterocycles. The third-order valence-corrected chi connectivity index (χ3v) is 4.86. The molecule has 1 atom stereocenters. The summed E-state index contributed by atoms with van der Waals surface area (Å²) in [6, 6.07) is 17.5. The maximum absolute atomic E-state index is 4.82. The monoisotopic (exact) mass is 318 g/mol. The van der Waals surface area contributed by atoms with E-state index in [1.165, 1.54) is 10.8 Å². The van der Waals surface area contributed by atoms with Crippen LogP contribution in [-0.2, 0) is 0 Å². The van der Waals surface area contributed by atoms with E-state index in [1.54, 1.807) is 0 Å². The number of likely N-dealkylation sites (N-methyl/N-ethyl adjacent to an activating group) is 1. The molecule has 24 heavy (non-hydrogen) atoms. The number of nitrogens with zero attached hydrogens (tertiary/aromatic N) is 4. The van der Waals surface area contributed by atoms with Crippen LogP contribution in [-0.4, -0.2) is 48.1 Å². The lowest BCUT2D eigenvalue weighted by Crippen LogP contribution is -2.32. The molecule has 0 saturated carbocycles. The van der Waals surface area contributed by atoms with Crippen LogP contribution < -0.4 is 4.90 Å². The summed E-state index contributed by atoms with van der Waals surface area (Å²) >= 11 is 0. The molecule has 0 spiro atoms. The van der Waals surface area contributed by atoms with E-state index in [9.17, 15) is 0 Å². The Morgan fingerprint density at radius 2 is 1.88 bits per heavy atom. The maximum Gasteiger partial charge on any atom is 0.225 e. The highest BCUT2D eigenvalue weighted by Gasteiger charge is 2.25. The molecule has 2 aromatic carbocycles. The molecule has 0 amide bonds. The Bertz CT molecular complexity index is 859. The third kappa shape index (κ3) is 2.85. The minimum atomic E-state index is 0.581. The summed E-state index contributed by atoms with van der Waals surface area (Å²) in [6.07, 6.45) is 3.03. The number of fused-ring (bicyclic) bond motifs is 1. The quantitative estimate of drug-likeness (QED) is 0.740. The normalized spacial score (nSPS) is 17.8. The molecule has 4 heteroatoms. The molecule has 0 N–H and O–H groups in total. The minimum Gasteiger partial charge on any atom is -0.339 e. The molecule has 4 nitrogen and oxygen atoms in total. The van der Waals surface area contributed by atoms with Gasteiger partial charge in [0.1, 0.15) is 0 Å². The van der Waals surface area contributed by atoms with Crippen molar-refractivity contribution >= 4 is 16.7 Å². The van der Waals surface area contributed by atoms with Crippen molar-refractivity contribution in [1.29, 1.82) is 0 Å². The largest absolute Gasteiger partial charge is 0.339 e. The Hall–Kier alpha value is -2.46. The lowest BCUT2D eigenvalue weighted by molar-refractivity contribution is 0.315. The molecule has 1 saturated heterocycles. The first-order valence-electron chi connectivity index (χ1n) is 8.44. The Kier molecular flexibility index (Phi) is 3.90. The molecule has 1 aliphatic rings. The first kappa shape index (κ1) is 15.1. The summed E-state index contributed by atoms with van der Waals surface area (Å²) < 4.78 is 0. The van der Waals surface area contributed by atoms with Crippen molar-refractivity contribution < 1.29 is 0 Å². The molecule has 0 aliphatic carbocycles. The van der Waals surface area contributed by atoms with Crippen LogP contribution in [0, 0.1) is 0 Å². The van der Waals surface area contributed by atoms with E-state index in [0.29, 0.717) is 6.04 Å². The third-order valence-electron chi connectivity index (χ3n) is 4.86. The lowest BCUT2D eigenvalue weighted by atomic mass is 10.1. The van der Waals surface area contributed by atoms with Gasteiger partial charge >= 0.3 is 0 Å². The lowest BCUT2D eigenvalue weighted by Gasteiger charge is -2.20. The topological polar surface area (TPSA) is 32.3 Å². The van der Waals surface area contributed by atoms with Gasteiger partial charge in [-0.3, -0.25) is 0 Å². The van der Waals surface area contributed by atoms with Crippen LogP contribution in [0.15, 0.2) is 54.7 Å². The molecule has 2 heterocycles. The molecular weight excluding hydrogens is 296 g/mol. The van der Waals surface area contributed by atoms with Crippen LogP contribution in [0.4, 0.5) is 5.95 Å². The molecule has 0 unspecified atom stereocenters. The molecular formula is C20H22N4. The molecule has 3 aromatic rings. The Labute approximate surface area is 142 Å². The number of benzene rings is 2. The van der Waals surface area contributed by atoms with Crippen molar-refractivity contribution in [2.24, 2.45) is 0 Å². The van der Waals surface area contributed by atoms with Gasteiger partial charge < -0.3 is 9.80 Å². The van der Waals surface area contributed by atoms with Gasteiger partial charge in [0.15, 0.2) is 0 Å². The van der Waals surface area contributed by atoms with Gasteiger partial charge in [-0.2, -0.15) is 0 Å². The summed E-state index contributed by atoms with van der Waals surface area (Å²) in [4.78, 5) is 13.9. The maximum atomic E-state index is 4.82. The second-order valence-electron chi connectivity index (χ2n) is 6.66. The fraction of sp³-hybridized carbons (Fsp3) is 0.300. The number of aromatic nitrogens is 2. The summed E-state index contributed by atoms with van der Waals surface area (Å²) in [5.74, 6) is 0.838. The predicted octanol–water partition coefficient (Wildman–Crippen LogP) is 3.44. The van der Waals surface area contributed by atoms with E-state index < -0.39 is 0 Å². The second kappa shape index (κ2) is 6.21. The Balaban J connectivity index is 1.64. The van der Waals surface area contributed by atoms with Gasteiger partial charge in [0.05, 0.1) is 5.69 Å². The highest BCUT2D eigenvalue weighted by atomic mass is 15.3. The number of anilines is 1. The van der Waals surface area contributed by atoms with Gasteiger partial charge in [0, 0.05) is 30.9 Å². The number of hydrogen-bond acceptors (Lipinski definition) is 4. The van der Waals surface area contributed by atoms with Crippen molar-refractivity contribution in [2.45, 2.75) is 12.5 Å². The average molecular weight is 318 g/mol. The zero-order valence-corrected chi connectivity index (χ0v) is 14.2. The van der Waals surface area contributed by atoms with Crippen LogP contribution in [0.5, 0.6) is 0 Å². The fourth-order valence-electron chi connectivity index (χ4n) is 3.36. The zero-order chi connectivity index (χ0) is 16.5. The Morgan fingerprint density at radius 3 is 2.67 bits per heavy atom. The summed E-state index contributed by atoms with van der Waals surface area (Å²) in [5.41, 5.74) is 2.12. The highest BCUT2D eigenvalue weighted by molar-refractivity contribution is 5.86. The SMILES string of the molecule is CN(C)[C@H]1CCN(c2nccc(-c3ccc4ccccc4c3)n2)C1. The van der Waals surface area contributed by atoms with Gasteiger partial charge in [-0.05, 0) is 43.4 Å². The van der Waals surface area contributed by atoms with Gasteiger partial charge in [0.25, 0.3) is 0 Å². The minimum absolute atomic E-state index is 0.581. The number of rotatable bonds is 3. The molecule has 1 fully saturated rings. The zero-order valence-electron chi connectivity index (χ0n) is 14.2. The summed E-state index contributed by atoms with van der Waals surface area (Å²) in [7, 11) is 4.28. The standard InChI is InChI=1S/C20H22N4/c1-23(2)18-10-12-24(14-18)20-21-11-9-19(22-20)17-8-7-15-5-3-4-6-16(15)13-17/h3-9,11,13,18H,10,12,14H2,1-2H3/t18-/m0/s1. The molecule has 4 rings (SSSR count). The first-order valence-corrected chi connectivity index (χ1v) is 8.44. The highest BCUT2D eigenvalue weighted by Crippen LogP contribution is 2.25. The smallest absolute Gasteiger partial charge is 0.225 e. The molecule has 122 valence electrons. The second-order valence-corrected chi connectivity index (χ2v) is 6.66. The van der Waals surface area contributed by atoms with Crippen LogP contribution in [0.1, 0.15) is 6.42 Å². The fourth-order valence-corrected chi connectivity index (χ4v) is 3.36. The van der Waals surface area contributed by atoms with Gasteiger partial charge in [-0.25, -0.2) is 9.97 Å². The van der Waals surface area contributed by atoms with Gasteiger partial charge in [-0.1, -0.05) is 36.4 Å². The molecule has 0 radical (unpaired) electrons. The van der Waals surface area contributed by atoms with Crippen molar-refractivity contribution in [3.05, 3.63) is 54.7 Å². The van der Waals surface area contributed by atoms with E-state index in [2.05, 4.69) is 71.3 Å². The average Bonchev–Trinajstić information content (AvgIpc) is 3.12. The molecule has 0 bridgehead atoms. The van der Waals surface area contributed by atoms with E-state index in [0.717, 1.165) is 36.7 Å². The summed E-state index contributed by atoms with van der Waals surface area (Å²) in [5, 5.41) is 2.49. The first-order chi connectivity index (χ1) is 11.7. The predicted molar refractivity (Wildman–Crippen MR) is 99.3 cm³/mol. The van der Waals surface area contributed by atoms with Crippen molar-refractivity contribution in [3.8, 4) is 11.3 Å². The Morgan fingerprint density at radius 1 is 1.04 bits per heavy atom. The van der Waals surface area contributed by atoms with Crippen molar-refractivity contribution in [1.82, 2.24) is 14.9 Å². The van der Waals surface area contributed by atoms with Crippen molar-refractivity contribution in [3.63, 3.8) is 0 Å². The van der Waals surface area contributed by atoms with Gasteiger partial charge in [0.2, 0.25) is 5.95 Å². The van der Waals surface area contributed by atoms with Crippen LogP contribution in [0.3, 0.4) is 0 Å². The summed E-state index contributed by atoms with van der Waals surface area (Å²) in [6.45, 7) is 2.01. The van der Waals surface area contributed by atoms with E-state index in [1.807, 2.05) is 12.3 Å². The van der Waals surface area contributed by atoms with Crippen LogP contribution in [0.2, 0.25) is 0 Å². The van der Waals surface area contributed by atoms with Crippen LogP contribution >= 0.6 is 0 Å².